The molecule has 1 aliphatic carbocycles. The zero-order valence-electron chi connectivity index (χ0n) is 20.5. The van der Waals surface area contributed by atoms with Crippen molar-refractivity contribution < 1.29 is 18.8 Å². The number of hydrogen-bond acceptors (Lipinski definition) is 8. The fourth-order valence-corrected chi connectivity index (χ4v) is 4.77. The SMILES string of the molecule is CC(C)Oc1ccc(-c2nc(-c3cccc4c3CC[C@H]4NCC(=O)N3CCOCC3)no2)cc1C#N. The minimum atomic E-state index is -0.0334. The van der Waals surface area contributed by atoms with Crippen LogP contribution in [0.3, 0.4) is 0 Å². The topological polar surface area (TPSA) is 114 Å². The number of fused-ring (bicyclic) bond motifs is 1. The van der Waals surface area contributed by atoms with E-state index in [1.165, 1.54) is 5.56 Å². The van der Waals surface area contributed by atoms with Gasteiger partial charge in [-0.25, -0.2) is 0 Å². The Hall–Kier alpha value is -3.74. The van der Waals surface area contributed by atoms with Gasteiger partial charge in [-0.2, -0.15) is 10.2 Å². The summed E-state index contributed by atoms with van der Waals surface area (Å²) in [7, 11) is 0. The van der Waals surface area contributed by atoms with Crippen LogP contribution >= 0.6 is 0 Å². The fourth-order valence-electron chi connectivity index (χ4n) is 4.77. The first-order valence-corrected chi connectivity index (χ1v) is 12.3. The van der Waals surface area contributed by atoms with Crippen molar-refractivity contribution in [1.29, 1.82) is 5.26 Å². The van der Waals surface area contributed by atoms with Crippen molar-refractivity contribution in [1.82, 2.24) is 20.4 Å². The van der Waals surface area contributed by atoms with Crippen molar-refractivity contribution in [3.63, 3.8) is 0 Å². The number of rotatable bonds is 7. The van der Waals surface area contributed by atoms with Crippen molar-refractivity contribution in [2.45, 2.75) is 38.8 Å². The molecule has 0 radical (unpaired) electrons. The molecule has 186 valence electrons. The number of nitrogens with zero attached hydrogens (tertiary/aromatic N) is 4. The summed E-state index contributed by atoms with van der Waals surface area (Å²) in [5, 5.41) is 17.2. The molecule has 1 aliphatic heterocycles. The van der Waals surface area contributed by atoms with E-state index in [1.54, 1.807) is 12.1 Å². The van der Waals surface area contributed by atoms with Crippen LogP contribution in [0.4, 0.5) is 0 Å². The van der Waals surface area contributed by atoms with E-state index >= 15 is 0 Å². The van der Waals surface area contributed by atoms with Crippen LogP contribution in [-0.2, 0) is 16.0 Å². The van der Waals surface area contributed by atoms with Crippen LogP contribution in [0.25, 0.3) is 22.8 Å². The number of morpholine rings is 1. The third-order valence-electron chi connectivity index (χ3n) is 6.51. The quantitative estimate of drug-likeness (QED) is 0.539. The second-order valence-corrected chi connectivity index (χ2v) is 9.25. The van der Waals surface area contributed by atoms with Gasteiger partial charge in [0.15, 0.2) is 0 Å². The molecular formula is C27H29N5O4. The Balaban J connectivity index is 1.32. The summed E-state index contributed by atoms with van der Waals surface area (Å²) in [6, 6.07) is 13.6. The smallest absolute Gasteiger partial charge is 0.258 e. The number of hydrogen-bond donors (Lipinski definition) is 1. The van der Waals surface area contributed by atoms with Crippen molar-refractivity contribution in [3.8, 4) is 34.7 Å². The standard InChI is InChI=1S/C27H29N5O4/c1-17(2)35-24-9-6-18(14-19(24)15-28)27-30-26(31-36-27)22-5-3-4-21-20(22)7-8-23(21)29-16-25(33)32-10-12-34-13-11-32/h3-6,9,14,17,23,29H,7-8,10-13,16H2,1-2H3/t23-/m1/s1. The van der Waals surface area contributed by atoms with Crippen LogP contribution in [-0.4, -0.2) is 59.9 Å². The molecule has 2 aromatic carbocycles. The van der Waals surface area contributed by atoms with Gasteiger partial charge in [-0.3, -0.25) is 4.79 Å². The predicted molar refractivity (Wildman–Crippen MR) is 132 cm³/mol. The summed E-state index contributed by atoms with van der Waals surface area (Å²) in [5.41, 5.74) is 4.33. The first-order valence-electron chi connectivity index (χ1n) is 12.3. The lowest BCUT2D eigenvalue weighted by Gasteiger charge is -2.27. The van der Waals surface area contributed by atoms with Gasteiger partial charge in [-0.15, -0.1) is 0 Å². The molecule has 1 saturated heterocycles. The van der Waals surface area contributed by atoms with E-state index in [2.05, 4.69) is 27.6 Å². The molecule has 1 fully saturated rings. The number of amides is 1. The summed E-state index contributed by atoms with van der Waals surface area (Å²) in [4.78, 5) is 19.0. The molecule has 0 spiro atoms. The van der Waals surface area contributed by atoms with Gasteiger partial charge in [0.1, 0.15) is 11.8 Å². The minimum Gasteiger partial charge on any atom is -0.490 e. The van der Waals surface area contributed by atoms with E-state index in [-0.39, 0.29) is 18.1 Å². The fraction of sp³-hybridized carbons (Fsp3) is 0.407. The first kappa shape index (κ1) is 24.0. The summed E-state index contributed by atoms with van der Waals surface area (Å²) >= 11 is 0. The number of nitrogens with one attached hydrogen (secondary N) is 1. The van der Waals surface area contributed by atoms with Crippen molar-refractivity contribution in [2.75, 3.05) is 32.8 Å². The Morgan fingerprint density at radius 2 is 2.11 bits per heavy atom. The highest BCUT2D eigenvalue weighted by Gasteiger charge is 2.27. The van der Waals surface area contributed by atoms with Gasteiger partial charge in [0.05, 0.1) is 31.4 Å². The summed E-state index contributed by atoms with van der Waals surface area (Å²) in [6.45, 7) is 6.63. The van der Waals surface area contributed by atoms with Gasteiger partial charge in [-0.05, 0) is 56.0 Å². The van der Waals surface area contributed by atoms with Crippen LogP contribution in [0, 0.1) is 11.3 Å². The molecular weight excluding hydrogens is 458 g/mol. The molecule has 5 rings (SSSR count). The molecule has 3 aromatic rings. The minimum absolute atomic E-state index is 0.0334. The van der Waals surface area contributed by atoms with E-state index in [1.807, 2.05) is 36.9 Å². The Bertz CT molecular complexity index is 1290. The summed E-state index contributed by atoms with van der Waals surface area (Å²) in [6.07, 6.45) is 1.73. The summed E-state index contributed by atoms with van der Waals surface area (Å²) in [5.74, 6) is 1.49. The van der Waals surface area contributed by atoms with Crippen LogP contribution in [0.15, 0.2) is 40.9 Å². The zero-order valence-corrected chi connectivity index (χ0v) is 20.5. The lowest BCUT2D eigenvalue weighted by Crippen LogP contribution is -2.45. The first-order chi connectivity index (χ1) is 17.5. The zero-order chi connectivity index (χ0) is 25.1. The number of aromatic nitrogens is 2. The molecule has 0 bridgehead atoms. The molecule has 1 atom stereocenters. The summed E-state index contributed by atoms with van der Waals surface area (Å²) < 4.78 is 16.6. The van der Waals surface area contributed by atoms with Crippen molar-refractivity contribution in [3.05, 3.63) is 53.1 Å². The van der Waals surface area contributed by atoms with Gasteiger partial charge in [0, 0.05) is 30.3 Å². The molecule has 9 nitrogen and oxygen atoms in total. The van der Waals surface area contributed by atoms with Crippen molar-refractivity contribution >= 4 is 5.91 Å². The van der Waals surface area contributed by atoms with Gasteiger partial charge in [0.2, 0.25) is 11.7 Å². The van der Waals surface area contributed by atoms with Gasteiger partial charge >= 0.3 is 0 Å². The van der Waals surface area contributed by atoms with Crippen LogP contribution in [0.2, 0.25) is 0 Å². The Kier molecular flexibility index (Phi) is 6.98. The average Bonchev–Trinajstić information content (AvgIpc) is 3.55. The lowest BCUT2D eigenvalue weighted by molar-refractivity contribution is -0.134. The molecule has 2 aliphatic rings. The van der Waals surface area contributed by atoms with E-state index in [9.17, 15) is 10.1 Å². The highest BCUT2D eigenvalue weighted by molar-refractivity contribution is 5.78. The highest BCUT2D eigenvalue weighted by Crippen LogP contribution is 2.37. The van der Waals surface area contributed by atoms with Gasteiger partial charge in [0.25, 0.3) is 5.89 Å². The van der Waals surface area contributed by atoms with E-state index in [0.29, 0.717) is 61.4 Å². The Morgan fingerprint density at radius 1 is 1.28 bits per heavy atom. The maximum absolute atomic E-state index is 12.6. The number of carbonyl (C=O) groups is 1. The molecule has 1 aromatic heterocycles. The number of benzene rings is 2. The molecule has 0 saturated carbocycles. The average molecular weight is 488 g/mol. The maximum atomic E-state index is 12.6. The molecule has 2 heterocycles. The number of nitriles is 1. The monoisotopic (exact) mass is 487 g/mol. The van der Waals surface area contributed by atoms with E-state index in [0.717, 1.165) is 24.0 Å². The van der Waals surface area contributed by atoms with Gasteiger partial charge in [-0.1, -0.05) is 23.4 Å². The third-order valence-corrected chi connectivity index (χ3v) is 6.51. The Morgan fingerprint density at radius 3 is 2.89 bits per heavy atom. The molecule has 1 amide bonds. The van der Waals surface area contributed by atoms with Crippen LogP contribution in [0.1, 0.15) is 43.0 Å². The second kappa shape index (κ2) is 10.5. The third kappa shape index (κ3) is 4.96. The Labute approximate surface area is 210 Å². The maximum Gasteiger partial charge on any atom is 0.258 e. The highest BCUT2D eigenvalue weighted by atomic mass is 16.5. The van der Waals surface area contributed by atoms with E-state index < -0.39 is 0 Å². The normalized spacial score (nSPS) is 17.2. The second-order valence-electron chi connectivity index (χ2n) is 9.25. The molecule has 36 heavy (non-hydrogen) atoms. The molecule has 9 heteroatoms. The van der Waals surface area contributed by atoms with E-state index in [4.69, 9.17) is 14.0 Å². The van der Waals surface area contributed by atoms with Crippen molar-refractivity contribution in [2.24, 2.45) is 0 Å². The predicted octanol–water partition coefficient (Wildman–Crippen LogP) is 3.50. The number of carbonyl (C=O) groups excluding carboxylic acids is 1. The van der Waals surface area contributed by atoms with Crippen LogP contribution < -0.4 is 10.1 Å². The lowest BCUT2D eigenvalue weighted by atomic mass is 10.0. The molecule has 0 unspecified atom stereocenters. The molecule has 1 N–H and O–H groups in total. The van der Waals surface area contributed by atoms with Crippen LogP contribution in [0.5, 0.6) is 5.75 Å². The largest absolute Gasteiger partial charge is 0.490 e. The number of ether oxygens (including phenoxy) is 2. The van der Waals surface area contributed by atoms with Gasteiger partial charge < -0.3 is 24.2 Å².